The molecule has 2 heterocycles. The molecule has 0 aliphatic carbocycles. The van der Waals surface area contributed by atoms with Crippen molar-refractivity contribution < 1.29 is 8.42 Å². The Labute approximate surface area is 209 Å². The van der Waals surface area contributed by atoms with Crippen molar-refractivity contribution >= 4 is 55.6 Å². The highest BCUT2D eigenvalue weighted by atomic mass is 79.9. The molecule has 1 saturated heterocycles. The molecule has 5 nitrogen and oxygen atoms in total. The molecule has 0 N–H and O–H groups in total. The van der Waals surface area contributed by atoms with Crippen LogP contribution in [-0.4, -0.2) is 30.4 Å². The van der Waals surface area contributed by atoms with Crippen molar-refractivity contribution in [3.05, 3.63) is 63.7 Å². The first-order chi connectivity index (χ1) is 15.0. The van der Waals surface area contributed by atoms with Crippen molar-refractivity contribution in [3.63, 3.8) is 0 Å². The molecular weight excluding hydrogens is 530 g/mol. The molecule has 1 fully saturated rings. The largest absolute Gasteiger partial charge is 0.316 e. The predicted molar refractivity (Wildman–Crippen MR) is 138 cm³/mol. The highest BCUT2D eigenvalue weighted by Gasteiger charge is 2.25. The van der Waals surface area contributed by atoms with Crippen LogP contribution in [0.15, 0.2) is 63.8 Å². The number of halogens is 2. The van der Waals surface area contributed by atoms with Gasteiger partial charge in [0.25, 0.3) is 0 Å². The standard InChI is InChI=1S/C23H26ClN3O2S2.BrH/c1-2-14-27-22(17-30-23(27)25-20-10-8-19(24)9-11-20)18-6-12-21(13-7-18)31(28,29)26-15-4-3-5-16-26;/h6-13,17H,2-5,14-16H2,1H3;1H. The highest BCUT2D eigenvalue weighted by Crippen LogP contribution is 2.26. The quantitative estimate of drug-likeness (QED) is 0.360. The molecule has 0 atom stereocenters. The summed E-state index contributed by atoms with van der Waals surface area (Å²) < 4.78 is 29.7. The third-order valence-corrected chi connectivity index (χ3v) is 8.43. The van der Waals surface area contributed by atoms with Crippen molar-refractivity contribution in [1.82, 2.24) is 8.87 Å². The minimum Gasteiger partial charge on any atom is -0.316 e. The van der Waals surface area contributed by atoms with E-state index in [0.29, 0.717) is 23.0 Å². The summed E-state index contributed by atoms with van der Waals surface area (Å²) >= 11 is 7.56. The minimum atomic E-state index is -3.42. The molecule has 0 bridgehead atoms. The first-order valence-corrected chi connectivity index (χ1v) is 13.3. The van der Waals surface area contributed by atoms with Gasteiger partial charge in [0, 0.05) is 30.0 Å². The van der Waals surface area contributed by atoms with Gasteiger partial charge in [-0.05, 0) is 61.2 Å². The Bertz CT molecular complexity index is 1200. The maximum atomic E-state index is 12.9. The third kappa shape index (κ3) is 5.54. The van der Waals surface area contributed by atoms with Crippen LogP contribution in [0.25, 0.3) is 11.3 Å². The fourth-order valence-electron chi connectivity index (χ4n) is 3.77. The zero-order valence-corrected chi connectivity index (χ0v) is 22.0. The lowest BCUT2D eigenvalue weighted by Crippen LogP contribution is -2.35. The number of benzene rings is 2. The Morgan fingerprint density at radius 1 is 1.00 bits per heavy atom. The Balaban J connectivity index is 0.00000289. The van der Waals surface area contributed by atoms with E-state index >= 15 is 0 Å². The van der Waals surface area contributed by atoms with Gasteiger partial charge in [-0.1, -0.05) is 37.1 Å². The average Bonchev–Trinajstić information content (AvgIpc) is 3.18. The highest BCUT2D eigenvalue weighted by molar-refractivity contribution is 8.93. The van der Waals surface area contributed by atoms with Crippen LogP contribution in [-0.2, 0) is 16.6 Å². The molecule has 0 saturated carbocycles. The number of aromatic nitrogens is 1. The van der Waals surface area contributed by atoms with E-state index < -0.39 is 10.0 Å². The second-order valence-electron chi connectivity index (χ2n) is 7.63. The topological polar surface area (TPSA) is 54.7 Å². The van der Waals surface area contributed by atoms with Crippen LogP contribution < -0.4 is 4.80 Å². The molecule has 172 valence electrons. The molecule has 4 rings (SSSR count). The van der Waals surface area contributed by atoms with Crippen LogP contribution in [0.1, 0.15) is 32.6 Å². The number of piperidine rings is 1. The van der Waals surface area contributed by atoms with Crippen LogP contribution in [0, 0.1) is 0 Å². The Kier molecular flexibility index (Phi) is 8.75. The van der Waals surface area contributed by atoms with E-state index in [-0.39, 0.29) is 17.0 Å². The van der Waals surface area contributed by atoms with Gasteiger partial charge in [-0.3, -0.25) is 0 Å². The first kappa shape index (κ1) is 25.2. The average molecular weight is 557 g/mol. The van der Waals surface area contributed by atoms with Crippen LogP contribution in [0.5, 0.6) is 0 Å². The van der Waals surface area contributed by atoms with Crippen molar-refractivity contribution in [2.24, 2.45) is 4.99 Å². The molecule has 1 aromatic heterocycles. The lowest BCUT2D eigenvalue weighted by atomic mass is 10.2. The van der Waals surface area contributed by atoms with Crippen LogP contribution in [0.2, 0.25) is 5.02 Å². The van der Waals surface area contributed by atoms with Crippen LogP contribution in [0.4, 0.5) is 5.69 Å². The Hall–Kier alpha value is -1.45. The SMILES string of the molecule is Br.CCCn1c(-c2ccc(S(=O)(=O)N3CCCCC3)cc2)csc1=Nc1ccc(Cl)cc1. The lowest BCUT2D eigenvalue weighted by Gasteiger charge is -2.25. The maximum Gasteiger partial charge on any atom is 0.243 e. The zero-order valence-electron chi connectivity index (χ0n) is 17.9. The van der Waals surface area contributed by atoms with Crippen molar-refractivity contribution in [2.75, 3.05) is 13.1 Å². The van der Waals surface area contributed by atoms with Gasteiger partial charge < -0.3 is 4.57 Å². The molecule has 9 heteroatoms. The second-order valence-corrected chi connectivity index (χ2v) is 10.8. The zero-order chi connectivity index (χ0) is 21.8. The van der Waals surface area contributed by atoms with Gasteiger partial charge in [0.15, 0.2) is 4.80 Å². The summed E-state index contributed by atoms with van der Waals surface area (Å²) in [4.78, 5) is 6.05. The number of hydrogen-bond acceptors (Lipinski definition) is 4. The van der Waals surface area contributed by atoms with Crippen LogP contribution in [0.3, 0.4) is 0 Å². The smallest absolute Gasteiger partial charge is 0.243 e. The number of thiazole rings is 1. The van der Waals surface area contributed by atoms with Gasteiger partial charge in [-0.25, -0.2) is 13.4 Å². The number of rotatable bonds is 6. The van der Waals surface area contributed by atoms with Crippen molar-refractivity contribution in [3.8, 4) is 11.3 Å². The van der Waals surface area contributed by atoms with Crippen molar-refractivity contribution in [1.29, 1.82) is 0 Å². The van der Waals surface area contributed by atoms with Gasteiger partial charge in [0.2, 0.25) is 10.0 Å². The van der Waals surface area contributed by atoms with Gasteiger partial charge in [-0.15, -0.1) is 28.3 Å². The molecule has 2 aromatic carbocycles. The van der Waals surface area contributed by atoms with E-state index in [2.05, 4.69) is 16.9 Å². The monoisotopic (exact) mass is 555 g/mol. The number of nitrogens with zero attached hydrogens (tertiary/aromatic N) is 3. The molecular formula is C23H27BrClN3O2S2. The summed E-state index contributed by atoms with van der Waals surface area (Å²) in [6.07, 6.45) is 3.94. The molecule has 0 amide bonds. The van der Waals surface area contributed by atoms with Gasteiger partial charge in [0.05, 0.1) is 16.3 Å². The van der Waals surface area contributed by atoms with E-state index in [1.807, 2.05) is 36.4 Å². The Morgan fingerprint density at radius 2 is 1.66 bits per heavy atom. The predicted octanol–water partition coefficient (Wildman–Crippen LogP) is 6.26. The number of hydrogen-bond donors (Lipinski definition) is 0. The molecule has 0 radical (unpaired) electrons. The summed E-state index contributed by atoms with van der Waals surface area (Å²) in [7, 11) is -3.42. The van der Waals surface area contributed by atoms with Crippen LogP contribution >= 0.6 is 39.9 Å². The second kappa shape index (κ2) is 11.1. The van der Waals surface area contributed by atoms with E-state index in [9.17, 15) is 8.42 Å². The fraction of sp³-hybridized carbons (Fsp3) is 0.348. The lowest BCUT2D eigenvalue weighted by molar-refractivity contribution is 0.346. The maximum absolute atomic E-state index is 12.9. The molecule has 32 heavy (non-hydrogen) atoms. The molecule has 1 aliphatic rings. The summed E-state index contributed by atoms with van der Waals surface area (Å²) in [5.74, 6) is 0. The Morgan fingerprint density at radius 3 is 2.28 bits per heavy atom. The van der Waals surface area contributed by atoms with E-state index in [0.717, 1.165) is 54.0 Å². The molecule has 3 aromatic rings. The summed E-state index contributed by atoms with van der Waals surface area (Å²) in [5.41, 5.74) is 2.88. The van der Waals surface area contributed by atoms with E-state index in [4.69, 9.17) is 16.6 Å². The number of sulfonamides is 1. The molecule has 0 spiro atoms. The summed E-state index contributed by atoms with van der Waals surface area (Å²) in [5, 5.41) is 2.77. The molecule has 0 unspecified atom stereocenters. The summed E-state index contributed by atoms with van der Waals surface area (Å²) in [6.45, 7) is 4.19. The normalized spacial score (nSPS) is 15.5. The fourth-order valence-corrected chi connectivity index (χ4v) is 6.37. The molecule has 1 aliphatic heterocycles. The van der Waals surface area contributed by atoms with Gasteiger partial charge >= 0.3 is 0 Å². The van der Waals surface area contributed by atoms with Gasteiger partial charge in [0.1, 0.15) is 0 Å². The van der Waals surface area contributed by atoms with Crippen molar-refractivity contribution in [2.45, 2.75) is 44.0 Å². The summed E-state index contributed by atoms with van der Waals surface area (Å²) in [6, 6.07) is 14.7. The van der Waals surface area contributed by atoms with Gasteiger partial charge in [-0.2, -0.15) is 4.31 Å². The minimum absolute atomic E-state index is 0. The van der Waals surface area contributed by atoms with E-state index in [1.165, 1.54) is 0 Å². The van der Waals surface area contributed by atoms with E-state index in [1.54, 1.807) is 27.8 Å². The first-order valence-electron chi connectivity index (χ1n) is 10.6. The third-order valence-electron chi connectivity index (χ3n) is 5.40.